The monoisotopic (exact) mass is 308 g/mol. The van der Waals surface area contributed by atoms with E-state index < -0.39 is 5.97 Å². The molecular formula is C15H20N2O3S. The van der Waals surface area contributed by atoms with Crippen LogP contribution in [0, 0.1) is 11.8 Å². The molecule has 1 fully saturated rings. The van der Waals surface area contributed by atoms with Gasteiger partial charge in [0, 0.05) is 23.8 Å². The number of hydrogen-bond donors (Lipinski definition) is 2. The molecule has 1 aliphatic rings. The van der Waals surface area contributed by atoms with Crippen LogP contribution in [-0.2, 0) is 9.59 Å². The van der Waals surface area contributed by atoms with Crippen molar-refractivity contribution in [3.63, 3.8) is 0 Å². The van der Waals surface area contributed by atoms with Crippen molar-refractivity contribution in [3.8, 4) is 0 Å². The largest absolute Gasteiger partial charge is 0.481 e. The Bertz CT molecular complexity index is 481. The molecule has 0 aromatic carbocycles. The summed E-state index contributed by atoms with van der Waals surface area (Å²) in [5, 5.41) is 12.1. The van der Waals surface area contributed by atoms with E-state index in [2.05, 4.69) is 10.3 Å². The Balaban J connectivity index is 1.74. The van der Waals surface area contributed by atoms with Crippen molar-refractivity contribution in [1.82, 2.24) is 10.3 Å². The van der Waals surface area contributed by atoms with E-state index >= 15 is 0 Å². The number of thioether (sulfide) groups is 1. The second-order valence-corrected chi connectivity index (χ2v) is 6.31. The van der Waals surface area contributed by atoms with Gasteiger partial charge in [-0.15, -0.1) is 11.8 Å². The minimum absolute atomic E-state index is 0.0495. The van der Waals surface area contributed by atoms with E-state index in [-0.39, 0.29) is 17.7 Å². The number of rotatable bonds is 6. The van der Waals surface area contributed by atoms with Crippen LogP contribution in [-0.4, -0.2) is 34.3 Å². The van der Waals surface area contributed by atoms with Crippen LogP contribution in [0.15, 0.2) is 29.4 Å². The highest BCUT2D eigenvalue weighted by Crippen LogP contribution is 2.29. The zero-order valence-electron chi connectivity index (χ0n) is 11.8. The number of amides is 1. The molecule has 2 atom stereocenters. The lowest BCUT2D eigenvalue weighted by molar-refractivity contribution is -0.145. The Morgan fingerprint density at radius 1 is 1.29 bits per heavy atom. The molecule has 1 heterocycles. The molecule has 1 aromatic heterocycles. The number of carbonyl (C=O) groups excluding carboxylic acids is 1. The maximum Gasteiger partial charge on any atom is 0.306 e. The van der Waals surface area contributed by atoms with Crippen LogP contribution in [0.25, 0.3) is 0 Å². The van der Waals surface area contributed by atoms with Crippen molar-refractivity contribution in [3.05, 3.63) is 24.5 Å². The summed E-state index contributed by atoms with van der Waals surface area (Å²) in [6, 6.07) is 3.72. The summed E-state index contributed by atoms with van der Waals surface area (Å²) in [4.78, 5) is 28.0. The molecule has 0 radical (unpaired) electrons. The predicted molar refractivity (Wildman–Crippen MR) is 81.1 cm³/mol. The number of nitrogens with one attached hydrogen (secondary N) is 1. The molecule has 0 spiro atoms. The molecule has 2 rings (SSSR count). The SMILES string of the molecule is O=C(CSc1ccncc1)NCC1CCCCC1C(=O)O. The third kappa shape index (κ3) is 5.04. The van der Waals surface area contributed by atoms with E-state index in [1.54, 1.807) is 12.4 Å². The molecule has 6 heteroatoms. The van der Waals surface area contributed by atoms with Crippen LogP contribution in [0.3, 0.4) is 0 Å². The van der Waals surface area contributed by atoms with Crippen molar-refractivity contribution in [2.24, 2.45) is 11.8 Å². The molecule has 1 amide bonds. The van der Waals surface area contributed by atoms with Crippen molar-refractivity contribution in [2.45, 2.75) is 30.6 Å². The predicted octanol–water partition coefficient (Wildman–Crippen LogP) is 2.18. The van der Waals surface area contributed by atoms with Gasteiger partial charge in [0.25, 0.3) is 0 Å². The highest BCUT2D eigenvalue weighted by molar-refractivity contribution is 8.00. The average molecular weight is 308 g/mol. The first kappa shape index (κ1) is 15.8. The van der Waals surface area contributed by atoms with Crippen molar-refractivity contribution < 1.29 is 14.7 Å². The quantitative estimate of drug-likeness (QED) is 0.787. The van der Waals surface area contributed by atoms with Gasteiger partial charge in [-0.1, -0.05) is 12.8 Å². The van der Waals surface area contributed by atoms with Crippen LogP contribution < -0.4 is 5.32 Å². The summed E-state index contributed by atoms with van der Waals surface area (Å²) in [5.74, 6) is -0.696. The van der Waals surface area contributed by atoms with Crippen LogP contribution in [0.4, 0.5) is 0 Å². The van der Waals surface area contributed by atoms with Crippen molar-refractivity contribution >= 4 is 23.6 Å². The number of nitrogens with zero attached hydrogens (tertiary/aromatic N) is 1. The van der Waals surface area contributed by atoms with Crippen LogP contribution in [0.2, 0.25) is 0 Å². The minimum Gasteiger partial charge on any atom is -0.481 e. The summed E-state index contributed by atoms with van der Waals surface area (Å²) in [6.45, 7) is 0.465. The standard InChI is InChI=1S/C15H20N2O3S/c18-14(10-21-12-5-7-16-8-6-12)17-9-11-3-1-2-4-13(11)15(19)20/h5-8,11,13H,1-4,9-10H2,(H,17,18)(H,19,20). The Hall–Kier alpha value is -1.56. The number of carboxylic acid groups (broad SMARTS) is 1. The van der Waals surface area contributed by atoms with Gasteiger partial charge in [0.2, 0.25) is 5.91 Å². The Morgan fingerprint density at radius 3 is 2.71 bits per heavy atom. The first-order valence-electron chi connectivity index (χ1n) is 7.19. The van der Waals surface area contributed by atoms with Gasteiger partial charge in [-0.3, -0.25) is 14.6 Å². The number of aromatic nitrogens is 1. The van der Waals surface area contributed by atoms with Gasteiger partial charge in [-0.25, -0.2) is 0 Å². The molecule has 21 heavy (non-hydrogen) atoms. The van der Waals surface area contributed by atoms with Crippen molar-refractivity contribution in [2.75, 3.05) is 12.3 Å². The molecule has 1 aromatic rings. The van der Waals surface area contributed by atoms with Gasteiger partial charge in [-0.2, -0.15) is 0 Å². The topological polar surface area (TPSA) is 79.3 Å². The zero-order valence-corrected chi connectivity index (χ0v) is 12.6. The van der Waals surface area contributed by atoms with Gasteiger partial charge in [-0.05, 0) is 30.9 Å². The second kappa shape index (κ2) is 8.02. The summed E-state index contributed by atoms with van der Waals surface area (Å²) in [5.41, 5.74) is 0. The molecule has 1 aliphatic carbocycles. The molecular weight excluding hydrogens is 288 g/mol. The average Bonchev–Trinajstić information content (AvgIpc) is 2.52. The molecule has 2 N–H and O–H groups in total. The lowest BCUT2D eigenvalue weighted by Crippen LogP contribution is -2.37. The molecule has 1 saturated carbocycles. The molecule has 2 unspecified atom stereocenters. The minimum atomic E-state index is -0.736. The fourth-order valence-electron chi connectivity index (χ4n) is 2.66. The zero-order chi connectivity index (χ0) is 15.1. The lowest BCUT2D eigenvalue weighted by Gasteiger charge is -2.28. The fraction of sp³-hybridized carbons (Fsp3) is 0.533. The maximum atomic E-state index is 11.8. The summed E-state index contributed by atoms with van der Waals surface area (Å²) >= 11 is 1.45. The molecule has 114 valence electrons. The summed E-state index contributed by atoms with van der Waals surface area (Å²) in [6.07, 6.45) is 7.02. The fourth-order valence-corrected chi connectivity index (χ4v) is 3.37. The third-order valence-electron chi connectivity index (χ3n) is 3.81. The van der Waals surface area contributed by atoms with Crippen LogP contribution in [0.5, 0.6) is 0 Å². The lowest BCUT2D eigenvalue weighted by atomic mass is 9.79. The third-order valence-corrected chi connectivity index (χ3v) is 4.82. The van der Waals surface area contributed by atoms with E-state index in [1.165, 1.54) is 11.8 Å². The molecule has 0 saturated heterocycles. The number of hydrogen-bond acceptors (Lipinski definition) is 4. The van der Waals surface area contributed by atoms with Gasteiger partial charge < -0.3 is 10.4 Å². The maximum absolute atomic E-state index is 11.8. The number of carboxylic acids is 1. The van der Waals surface area contributed by atoms with Gasteiger partial charge in [0.05, 0.1) is 11.7 Å². The summed E-state index contributed by atoms with van der Waals surface area (Å²) < 4.78 is 0. The van der Waals surface area contributed by atoms with Gasteiger partial charge in [0.1, 0.15) is 0 Å². The Morgan fingerprint density at radius 2 is 2.00 bits per heavy atom. The van der Waals surface area contributed by atoms with Crippen LogP contribution in [0.1, 0.15) is 25.7 Å². The second-order valence-electron chi connectivity index (χ2n) is 5.26. The molecule has 5 nitrogen and oxygen atoms in total. The van der Waals surface area contributed by atoms with E-state index in [0.29, 0.717) is 12.3 Å². The van der Waals surface area contributed by atoms with Gasteiger partial charge >= 0.3 is 5.97 Å². The van der Waals surface area contributed by atoms with Crippen LogP contribution >= 0.6 is 11.8 Å². The first-order chi connectivity index (χ1) is 10.2. The Labute approximate surface area is 128 Å². The number of carbonyl (C=O) groups is 2. The Kier molecular flexibility index (Phi) is 6.04. The molecule has 0 aliphatic heterocycles. The normalized spacial score (nSPS) is 21.7. The smallest absolute Gasteiger partial charge is 0.306 e. The number of aliphatic carboxylic acids is 1. The first-order valence-corrected chi connectivity index (χ1v) is 8.17. The highest BCUT2D eigenvalue weighted by Gasteiger charge is 2.30. The highest BCUT2D eigenvalue weighted by atomic mass is 32.2. The molecule has 0 bridgehead atoms. The van der Waals surface area contributed by atoms with E-state index in [0.717, 1.165) is 30.6 Å². The van der Waals surface area contributed by atoms with E-state index in [9.17, 15) is 14.7 Å². The summed E-state index contributed by atoms with van der Waals surface area (Å²) in [7, 11) is 0. The van der Waals surface area contributed by atoms with Gasteiger partial charge in [0.15, 0.2) is 0 Å². The van der Waals surface area contributed by atoms with E-state index in [1.807, 2.05) is 12.1 Å². The van der Waals surface area contributed by atoms with Crippen molar-refractivity contribution in [1.29, 1.82) is 0 Å². The van der Waals surface area contributed by atoms with E-state index in [4.69, 9.17) is 0 Å². The number of pyridine rings is 1.